The van der Waals surface area contributed by atoms with Crippen LogP contribution in [0.15, 0.2) is 63.7 Å². The van der Waals surface area contributed by atoms with Crippen LogP contribution >= 0.6 is 15.9 Å². The van der Waals surface area contributed by atoms with Crippen molar-refractivity contribution in [3.63, 3.8) is 0 Å². The van der Waals surface area contributed by atoms with Gasteiger partial charge < -0.3 is 15.0 Å². The summed E-state index contributed by atoms with van der Waals surface area (Å²) in [5.74, 6) is 0.983. The van der Waals surface area contributed by atoms with Gasteiger partial charge in [0.1, 0.15) is 5.75 Å². The molecule has 0 radical (unpaired) electrons. The van der Waals surface area contributed by atoms with Gasteiger partial charge in [-0.05, 0) is 34.1 Å². The van der Waals surface area contributed by atoms with Crippen molar-refractivity contribution in [2.24, 2.45) is 4.36 Å². The van der Waals surface area contributed by atoms with E-state index in [2.05, 4.69) is 35.6 Å². The number of halogens is 1. The fourth-order valence-electron chi connectivity index (χ4n) is 3.10. The lowest BCUT2D eigenvalue weighted by Crippen LogP contribution is -2.00. The molecular formula is C21H20BrN5O2S. The molecule has 0 aliphatic carbocycles. The molecular weight excluding hydrogens is 466 g/mol. The topological polar surface area (TPSA) is 92.3 Å². The van der Waals surface area contributed by atoms with Crippen LogP contribution in [0.4, 0.5) is 17.3 Å². The van der Waals surface area contributed by atoms with E-state index in [0.29, 0.717) is 23.1 Å². The Morgan fingerprint density at radius 1 is 1.20 bits per heavy atom. The Hall–Kier alpha value is -2.91. The molecule has 0 saturated carbocycles. The van der Waals surface area contributed by atoms with E-state index in [-0.39, 0.29) is 0 Å². The first-order chi connectivity index (χ1) is 14.3. The molecule has 4 aromatic rings. The number of H-pyrrole nitrogens is 1. The number of methoxy groups -OCH3 is 1. The second kappa shape index (κ2) is 8.08. The first-order valence-electron chi connectivity index (χ1n) is 9.05. The molecule has 2 aromatic heterocycles. The van der Waals surface area contributed by atoms with Crippen LogP contribution in [-0.2, 0) is 9.73 Å². The van der Waals surface area contributed by atoms with Crippen LogP contribution in [0.3, 0.4) is 0 Å². The highest BCUT2D eigenvalue weighted by Crippen LogP contribution is 2.35. The quantitative estimate of drug-likeness (QED) is 0.389. The van der Waals surface area contributed by atoms with Crippen molar-refractivity contribution < 1.29 is 8.95 Å². The molecule has 2 N–H and O–H groups in total. The number of anilines is 2. The third-order valence-corrected chi connectivity index (χ3v) is 5.58. The Kier molecular flexibility index (Phi) is 5.48. The molecule has 0 atom stereocenters. The van der Waals surface area contributed by atoms with Gasteiger partial charge in [0.15, 0.2) is 0 Å². The Bertz CT molecular complexity index is 1350. The lowest BCUT2D eigenvalue weighted by molar-refractivity contribution is 0.417. The van der Waals surface area contributed by atoms with E-state index < -0.39 is 9.73 Å². The van der Waals surface area contributed by atoms with Gasteiger partial charge >= 0.3 is 0 Å². The van der Waals surface area contributed by atoms with Crippen molar-refractivity contribution in [1.82, 2.24) is 15.0 Å². The molecule has 2 aromatic carbocycles. The maximum atomic E-state index is 12.0. The van der Waals surface area contributed by atoms with Crippen LogP contribution in [0.2, 0.25) is 0 Å². The van der Waals surface area contributed by atoms with Crippen molar-refractivity contribution in [2.45, 2.75) is 0 Å². The average Bonchev–Trinajstić information content (AvgIpc) is 3.13. The molecule has 7 nitrogen and oxygen atoms in total. The number of hydrogen-bond donors (Lipinski definition) is 2. The molecule has 0 saturated heterocycles. The first-order valence-corrected chi connectivity index (χ1v) is 12.2. The van der Waals surface area contributed by atoms with Gasteiger partial charge in [-0.2, -0.15) is 4.36 Å². The third kappa shape index (κ3) is 4.31. The molecule has 0 bridgehead atoms. The van der Waals surface area contributed by atoms with E-state index >= 15 is 0 Å². The Labute approximate surface area is 183 Å². The van der Waals surface area contributed by atoms with Crippen LogP contribution in [0.1, 0.15) is 0 Å². The number of nitrogens with zero attached hydrogens (tertiary/aromatic N) is 3. The second-order valence-electron chi connectivity index (χ2n) is 6.92. The second-order valence-corrected chi connectivity index (χ2v) is 10.3. The molecule has 154 valence electrons. The summed E-state index contributed by atoms with van der Waals surface area (Å²) in [4.78, 5) is 12.4. The molecule has 0 spiro atoms. The van der Waals surface area contributed by atoms with Crippen LogP contribution < -0.4 is 10.1 Å². The maximum absolute atomic E-state index is 12.0. The summed E-state index contributed by atoms with van der Waals surface area (Å²) in [6.45, 7) is 0. The highest BCUT2D eigenvalue weighted by atomic mass is 79.9. The molecule has 0 aliphatic rings. The predicted molar refractivity (Wildman–Crippen MR) is 125 cm³/mol. The Balaban J connectivity index is 1.71. The van der Waals surface area contributed by atoms with Gasteiger partial charge in [-0.1, -0.05) is 18.2 Å². The largest absolute Gasteiger partial charge is 0.494 e. The van der Waals surface area contributed by atoms with E-state index in [9.17, 15) is 4.21 Å². The molecule has 0 fully saturated rings. The summed E-state index contributed by atoms with van der Waals surface area (Å²) in [5.41, 5.74) is 4.06. The minimum Gasteiger partial charge on any atom is -0.494 e. The molecule has 0 unspecified atom stereocenters. The highest BCUT2D eigenvalue weighted by molar-refractivity contribution is 9.10. The Morgan fingerprint density at radius 3 is 2.77 bits per heavy atom. The van der Waals surface area contributed by atoms with Crippen molar-refractivity contribution in [3.8, 4) is 17.0 Å². The number of rotatable bonds is 5. The Morgan fingerprint density at radius 2 is 2.00 bits per heavy atom. The number of hydrogen-bond acceptors (Lipinski definition) is 6. The van der Waals surface area contributed by atoms with E-state index in [0.717, 1.165) is 26.6 Å². The number of fused-ring (bicyclic) bond motifs is 1. The monoisotopic (exact) mass is 485 g/mol. The fraction of sp³-hybridized carbons (Fsp3) is 0.143. The molecule has 30 heavy (non-hydrogen) atoms. The zero-order valence-electron chi connectivity index (χ0n) is 16.6. The summed E-state index contributed by atoms with van der Waals surface area (Å²) in [6.07, 6.45) is 6.83. The lowest BCUT2D eigenvalue weighted by Gasteiger charge is -2.12. The molecule has 4 rings (SSSR count). The van der Waals surface area contributed by atoms with Crippen molar-refractivity contribution >= 4 is 53.9 Å². The third-order valence-electron chi connectivity index (χ3n) is 4.35. The molecule has 9 heteroatoms. The van der Waals surface area contributed by atoms with Gasteiger partial charge in [0.25, 0.3) is 0 Å². The smallest absolute Gasteiger partial charge is 0.227 e. The number of nitrogens with one attached hydrogen (secondary N) is 2. The van der Waals surface area contributed by atoms with Crippen LogP contribution in [0.5, 0.6) is 5.75 Å². The summed E-state index contributed by atoms with van der Waals surface area (Å²) >= 11 is 3.56. The van der Waals surface area contributed by atoms with Gasteiger partial charge in [0.05, 0.1) is 28.7 Å². The van der Waals surface area contributed by atoms with Crippen molar-refractivity contribution in [1.29, 1.82) is 0 Å². The molecule has 0 amide bonds. The van der Waals surface area contributed by atoms with E-state index in [1.807, 2.05) is 30.5 Å². The van der Waals surface area contributed by atoms with Gasteiger partial charge in [0, 0.05) is 57.2 Å². The SMILES string of the molecule is COc1cc(N=S(C)(C)=O)ccc1Nc1ncc(Br)c(-c2c[nH]c3ccccc23)n1. The van der Waals surface area contributed by atoms with Gasteiger partial charge in [-0.3, -0.25) is 0 Å². The van der Waals surface area contributed by atoms with Gasteiger partial charge in [-0.25, -0.2) is 14.2 Å². The zero-order chi connectivity index (χ0) is 21.3. The summed E-state index contributed by atoms with van der Waals surface area (Å²) in [6, 6.07) is 13.4. The van der Waals surface area contributed by atoms with Crippen LogP contribution in [0, 0.1) is 0 Å². The standard InChI is InChI=1S/C21H20BrN5O2S/c1-29-19-10-13(27-30(2,3)28)8-9-18(19)25-21-24-12-16(22)20(26-21)15-11-23-17-7-5-4-6-14(15)17/h4-12,23H,1-3H3,(H,24,25,26). The molecule has 0 aliphatic heterocycles. The van der Waals surface area contributed by atoms with Gasteiger partial charge in [0.2, 0.25) is 5.95 Å². The zero-order valence-corrected chi connectivity index (χ0v) is 19.0. The predicted octanol–water partition coefficient (Wildman–Crippen LogP) is 5.50. The minimum atomic E-state index is -2.26. The van der Waals surface area contributed by atoms with Crippen LogP contribution in [-0.4, -0.2) is 38.8 Å². The average molecular weight is 486 g/mol. The van der Waals surface area contributed by atoms with Crippen molar-refractivity contribution in [2.75, 3.05) is 24.9 Å². The van der Waals surface area contributed by atoms with Crippen molar-refractivity contribution in [3.05, 3.63) is 59.3 Å². The minimum absolute atomic E-state index is 0.427. The summed E-state index contributed by atoms with van der Waals surface area (Å²) in [7, 11) is -0.692. The fourth-order valence-corrected chi connectivity index (χ4v) is 4.12. The van der Waals surface area contributed by atoms with Gasteiger partial charge in [-0.15, -0.1) is 0 Å². The maximum Gasteiger partial charge on any atom is 0.227 e. The number of aromatic nitrogens is 3. The number of aromatic amines is 1. The van der Waals surface area contributed by atoms with E-state index in [1.54, 1.807) is 44.0 Å². The molecule has 2 heterocycles. The summed E-state index contributed by atoms with van der Waals surface area (Å²) < 4.78 is 22.4. The van der Waals surface area contributed by atoms with E-state index in [4.69, 9.17) is 9.72 Å². The van der Waals surface area contributed by atoms with E-state index in [1.165, 1.54) is 0 Å². The number of para-hydroxylation sites is 1. The highest BCUT2D eigenvalue weighted by Gasteiger charge is 2.14. The first kappa shape index (κ1) is 20.4. The summed E-state index contributed by atoms with van der Waals surface area (Å²) in [5, 5.41) is 4.28. The number of ether oxygens (including phenoxy) is 1. The van der Waals surface area contributed by atoms with Crippen LogP contribution in [0.25, 0.3) is 22.2 Å². The normalized spacial score (nSPS) is 11.5. The number of benzene rings is 2. The lowest BCUT2D eigenvalue weighted by atomic mass is 10.1.